The number of hydrogen-bond acceptors (Lipinski definition) is 4. The first-order valence-electron chi connectivity index (χ1n) is 11.0. The van der Waals surface area contributed by atoms with Gasteiger partial charge in [0.15, 0.2) is 0 Å². The molecule has 33 heavy (non-hydrogen) atoms. The van der Waals surface area contributed by atoms with Crippen molar-refractivity contribution in [3.05, 3.63) is 72.4 Å². The van der Waals surface area contributed by atoms with Crippen molar-refractivity contribution >= 4 is 16.9 Å². The van der Waals surface area contributed by atoms with Crippen LogP contribution in [-0.4, -0.2) is 37.9 Å². The summed E-state index contributed by atoms with van der Waals surface area (Å²) in [5.74, 6) is -0.264. The van der Waals surface area contributed by atoms with E-state index in [1.807, 2.05) is 55.8 Å². The predicted octanol–water partition coefficient (Wildman–Crippen LogP) is 5.66. The molecule has 0 radical (unpaired) electrons. The Morgan fingerprint density at radius 2 is 1.73 bits per heavy atom. The highest BCUT2D eigenvalue weighted by atomic mass is 19.1. The smallest absolute Gasteiger partial charge is 0.410 e. The van der Waals surface area contributed by atoms with Crippen molar-refractivity contribution in [2.75, 3.05) is 6.54 Å². The molecule has 0 saturated carbocycles. The Labute approximate surface area is 191 Å². The van der Waals surface area contributed by atoms with E-state index in [9.17, 15) is 9.18 Å². The minimum absolute atomic E-state index is 0.264. The number of amides is 1. The van der Waals surface area contributed by atoms with Gasteiger partial charge in [-0.25, -0.2) is 9.18 Å². The van der Waals surface area contributed by atoms with Crippen molar-refractivity contribution in [2.24, 2.45) is 0 Å². The molecule has 0 aliphatic carbocycles. The fourth-order valence-electron chi connectivity index (χ4n) is 4.28. The highest BCUT2D eigenvalue weighted by Gasteiger charge is 2.31. The first-order chi connectivity index (χ1) is 15.8. The molecule has 2 aromatic heterocycles. The summed E-state index contributed by atoms with van der Waals surface area (Å²) in [5, 5.41) is 6.29. The Kier molecular flexibility index (Phi) is 5.12. The zero-order chi connectivity index (χ0) is 23.2. The Morgan fingerprint density at radius 3 is 2.45 bits per heavy atom. The van der Waals surface area contributed by atoms with Crippen molar-refractivity contribution in [3.8, 4) is 22.4 Å². The number of hydrogen-bond donors (Lipinski definition) is 0. The maximum absolute atomic E-state index is 14.5. The van der Waals surface area contributed by atoms with Crippen LogP contribution in [0.25, 0.3) is 33.2 Å². The number of halogens is 1. The lowest BCUT2D eigenvalue weighted by Crippen LogP contribution is -2.41. The number of pyridine rings is 1. The van der Waals surface area contributed by atoms with Gasteiger partial charge in [-0.05, 0) is 56.0 Å². The summed E-state index contributed by atoms with van der Waals surface area (Å²) < 4.78 is 22.1. The van der Waals surface area contributed by atoms with E-state index >= 15 is 0 Å². The van der Waals surface area contributed by atoms with Crippen LogP contribution in [0.15, 0.2) is 60.9 Å². The fourth-order valence-corrected chi connectivity index (χ4v) is 4.28. The van der Waals surface area contributed by atoms with Gasteiger partial charge in [-0.3, -0.25) is 9.67 Å². The summed E-state index contributed by atoms with van der Waals surface area (Å²) in [7, 11) is 0. The first-order valence-corrected chi connectivity index (χ1v) is 11.0. The SMILES string of the molecule is CC(C)(C)OC(=O)N1CCn2nc(-c3ccc(F)c4ccccc34)c(-c3ccncc3)c2C1. The third kappa shape index (κ3) is 3.95. The van der Waals surface area contributed by atoms with Crippen LogP contribution in [-0.2, 0) is 17.8 Å². The number of fused-ring (bicyclic) bond motifs is 2. The van der Waals surface area contributed by atoms with Crippen LogP contribution in [0.5, 0.6) is 0 Å². The van der Waals surface area contributed by atoms with Crippen LogP contribution in [0.2, 0.25) is 0 Å². The number of aromatic nitrogens is 3. The molecule has 0 bridgehead atoms. The van der Waals surface area contributed by atoms with E-state index in [1.54, 1.807) is 29.4 Å². The van der Waals surface area contributed by atoms with Crippen LogP contribution in [0.1, 0.15) is 26.5 Å². The zero-order valence-electron chi connectivity index (χ0n) is 18.9. The molecule has 0 atom stereocenters. The molecule has 1 aliphatic heterocycles. The predicted molar refractivity (Wildman–Crippen MR) is 125 cm³/mol. The number of carbonyl (C=O) groups is 1. The Bertz CT molecular complexity index is 1340. The van der Waals surface area contributed by atoms with E-state index in [1.165, 1.54) is 6.07 Å². The summed E-state index contributed by atoms with van der Waals surface area (Å²) in [4.78, 5) is 18.6. The van der Waals surface area contributed by atoms with Gasteiger partial charge in [-0.15, -0.1) is 0 Å². The molecule has 4 aromatic rings. The standard InChI is InChI=1S/C26H25FN4O2/c1-26(2,3)33-25(32)30-14-15-31-22(16-30)23(17-10-12-28-13-11-17)24(29-31)20-8-9-21(27)19-7-5-4-6-18(19)20/h4-13H,14-16H2,1-3H3. The van der Waals surface area contributed by atoms with Gasteiger partial charge >= 0.3 is 6.09 Å². The van der Waals surface area contributed by atoms with Crippen LogP contribution in [0.4, 0.5) is 9.18 Å². The number of ether oxygens (including phenoxy) is 1. The topological polar surface area (TPSA) is 60.2 Å². The largest absolute Gasteiger partial charge is 0.444 e. The quantitative estimate of drug-likeness (QED) is 0.401. The van der Waals surface area contributed by atoms with Gasteiger partial charge in [0.1, 0.15) is 17.1 Å². The summed E-state index contributed by atoms with van der Waals surface area (Å²) in [6, 6.07) is 14.5. The first kappa shape index (κ1) is 21.1. The normalized spacial score (nSPS) is 13.8. The summed E-state index contributed by atoms with van der Waals surface area (Å²) in [6.07, 6.45) is 3.13. The van der Waals surface area contributed by atoms with Gasteiger partial charge in [-0.2, -0.15) is 5.10 Å². The molecule has 1 aliphatic rings. The van der Waals surface area contributed by atoms with Crippen molar-refractivity contribution < 1.29 is 13.9 Å². The highest BCUT2D eigenvalue weighted by molar-refractivity contribution is 6.00. The lowest BCUT2D eigenvalue weighted by molar-refractivity contribution is 0.0195. The van der Waals surface area contributed by atoms with Crippen LogP contribution < -0.4 is 0 Å². The Balaban J connectivity index is 1.67. The molecule has 5 rings (SSSR count). The lowest BCUT2D eigenvalue weighted by Gasteiger charge is -2.30. The second-order valence-corrected chi connectivity index (χ2v) is 9.17. The van der Waals surface area contributed by atoms with E-state index in [-0.39, 0.29) is 11.9 Å². The van der Waals surface area contributed by atoms with E-state index in [0.29, 0.717) is 25.0 Å². The molecule has 6 nitrogen and oxygen atoms in total. The van der Waals surface area contributed by atoms with Gasteiger partial charge < -0.3 is 9.64 Å². The number of rotatable bonds is 2. The minimum Gasteiger partial charge on any atom is -0.444 e. The fraction of sp³-hybridized carbons (Fsp3) is 0.269. The van der Waals surface area contributed by atoms with Gasteiger partial charge in [0.05, 0.1) is 18.8 Å². The summed E-state index contributed by atoms with van der Waals surface area (Å²) in [5.41, 5.74) is 3.83. The third-order valence-corrected chi connectivity index (χ3v) is 5.73. The highest BCUT2D eigenvalue weighted by Crippen LogP contribution is 2.39. The maximum Gasteiger partial charge on any atom is 0.410 e. The molecule has 2 aromatic carbocycles. The molecule has 0 N–H and O–H groups in total. The number of carbonyl (C=O) groups excluding carboxylic acids is 1. The molecule has 0 unspecified atom stereocenters. The Hall–Kier alpha value is -3.74. The molecule has 1 amide bonds. The lowest BCUT2D eigenvalue weighted by atomic mass is 9.95. The van der Waals surface area contributed by atoms with Crippen molar-refractivity contribution in [2.45, 2.75) is 39.5 Å². The van der Waals surface area contributed by atoms with Gasteiger partial charge in [0.2, 0.25) is 0 Å². The van der Waals surface area contributed by atoms with E-state index in [4.69, 9.17) is 9.84 Å². The van der Waals surface area contributed by atoms with Gasteiger partial charge in [-0.1, -0.05) is 24.3 Å². The molecule has 3 heterocycles. The maximum atomic E-state index is 14.5. The van der Waals surface area contributed by atoms with Gasteiger partial charge in [0, 0.05) is 35.5 Å². The monoisotopic (exact) mass is 444 g/mol. The average molecular weight is 445 g/mol. The summed E-state index contributed by atoms with van der Waals surface area (Å²) in [6.45, 7) is 7.01. The molecule has 7 heteroatoms. The van der Waals surface area contributed by atoms with Crippen LogP contribution in [0.3, 0.4) is 0 Å². The third-order valence-electron chi connectivity index (χ3n) is 5.73. The van der Waals surface area contributed by atoms with Gasteiger partial charge in [0.25, 0.3) is 0 Å². The van der Waals surface area contributed by atoms with E-state index in [2.05, 4.69) is 4.98 Å². The van der Waals surface area contributed by atoms with E-state index < -0.39 is 5.60 Å². The second-order valence-electron chi connectivity index (χ2n) is 9.17. The van der Waals surface area contributed by atoms with Crippen molar-refractivity contribution in [1.29, 1.82) is 0 Å². The summed E-state index contributed by atoms with van der Waals surface area (Å²) >= 11 is 0. The molecule has 0 spiro atoms. The van der Waals surface area contributed by atoms with Crippen LogP contribution >= 0.6 is 0 Å². The Morgan fingerprint density at radius 1 is 1.00 bits per heavy atom. The van der Waals surface area contributed by atoms with Crippen LogP contribution in [0, 0.1) is 5.82 Å². The molecule has 168 valence electrons. The van der Waals surface area contributed by atoms with Crippen molar-refractivity contribution in [3.63, 3.8) is 0 Å². The molecular weight excluding hydrogens is 419 g/mol. The van der Waals surface area contributed by atoms with E-state index in [0.717, 1.165) is 33.5 Å². The number of benzene rings is 2. The molecule has 0 saturated heterocycles. The minimum atomic E-state index is -0.569. The van der Waals surface area contributed by atoms with Crippen molar-refractivity contribution in [1.82, 2.24) is 19.7 Å². The molecular formula is C26H25FN4O2. The zero-order valence-corrected chi connectivity index (χ0v) is 18.9. The molecule has 0 fully saturated rings. The number of nitrogens with zero attached hydrogens (tertiary/aromatic N) is 4. The average Bonchev–Trinajstić information content (AvgIpc) is 3.17. The second kappa shape index (κ2) is 7.99.